The second-order valence-corrected chi connectivity index (χ2v) is 12.5. The molecule has 0 unspecified atom stereocenters. The van der Waals surface area contributed by atoms with Crippen LogP contribution < -0.4 is 19.6 Å². The third-order valence-electron chi connectivity index (χ3n) is 7.38. The van der Waals surface area contributed by atoms with Crippen LogP contribution in [0.3, 0.4) is 0 Å². The molecule has 8 nitrogen and oxygen atoms in total. The number of benzene rings is 3. The van der Waals surface area contributed by atoms with E-state index in [2.05, 4.69) is 36.9 Å². The lowest BCUT2D eigenvalue weighted by molar-refractivity contribution is 0.269. The van der Waals surface area contributed by atoms with E-state index in [1.807, 2.05) is 90.6 Å². The lowest BCUT2D eigenvalue weighted by atomic mass is 10.0. The van der Waals surface area contributed by atoms with Crippen molar-refractivity contribution >= 4 is 22.4 Å². The molecule has 0 saturated carbocycles. The Kier molecular flexibility index (Phi) is 9.07. The van der Waals surface area contributed by atoms with E-state index in [9.17, 15) is 4.79 Å². The highest BCUT2D eigenvalue weighted by Crippen LogP contribution is 2.29. The zero-order valence-electron chi connectivity index (χ0n) is 26.1. The summed E-state index contributed by atoms with van der Waals surface area (Å²) >= 11 is 1.32. The molecule has 0 aliphatic rings. The molecule has 6 rings (SSSR count). The number of hydrogen-bond acceptors (Lipinski definition) is 7. The highest BCUT2D eigenvalue weighted by Gasteiger charge is 2.16. The topological polar surface area (TPSA) is 83.5 Å². The van der Waals surface area contributed by atoms with Crippen LogP contribution in [-0.2, 0) is 0 Å². The molecule has 0 fully saturated rings. The maximum absolute atomic E-state index is 13.5. The molecular formula is C36H37N5O3S. The average Bonchev–Trinajstić information content (AvgIpc) is 3.74. The molecule has 3 aromatic carbocycles. The summed E-state index contributed by atoms with van der Waals surface area (Å²) in [5, 5.41) is 9.50. The van der Waals surface area contributed by atoms with Crippen molar-refractivity contribution in [3.8, 4) is 39.8 Å². The Morgan fingerprint density at radius 3 is 2.42 bits per heavy atom. The Labute approximate surface area is 266 Å². The third-order valence-corrected chi connectivity index (χ3v) is 8.34. The van der Waals surface area contributed by atoms with Crippen LogP contribution in [0.2, 0.25) is 0 Å². The van der Waals surface area contributed by atoms with Crippen LogP contribution >= 0.6 is 11.3 Å². The zero-order chi connectivity index (χ0) is 31.3. The molecule has 0 saturated heterocycles. The van der Waals surface area contributed by atoms with Gasteiger partial charge in [-0.3, -0.25) is 4.79 Å². The van der Waals surface area contributed by atoms with Crippen LogP contribution in [0, 0.1) is 12.8 Å². The van der Waals surface area contributed by atoms with E-state index in [-0.39, 0.29) is 5.56 Å². The van der Waals surface area contributed by atoms with E-state index in [0.717, 1.165) is 64.4 Å². The standard InChI is InChI=1S/C36H37N5O3S/c1-5-6-10-19-43-30-16-13-26(14-17-30)34-37-36-41(39-34)35(42)32(45-36)21-28-22-40(29-11-8-7-9-12-29)38-33(28)27-15-18-31(25(4)20-27)44-23-24(2)3/h7-9,11-18,20-22,24H,5-6,10,19,23H2,1-4H3. The molecular weight excluding hydrogens is 582 g/mol. The first-order chi connectivity index (χ1) is 21.9. The zero-order valence-corrected chi connectivity index (χ0v) is 26.9. The number of unbranched alkanes of at least 4 members (excludes halogenated alkanes) is 2. The number of aryl methyl sites for hydroxylation is 1. The maximum Gasteiger partial charge on any atom is 0.291 e. The lowest BCUT2D eigenvalue weighted by Crippen LogP contribution is -2.23. The van der Waals surface area contributed by atoms with Gasteiger partial charge in [-0.15, -0.1) is 5.10 Å². The fraction of sp³-hybridized carbons (Fsp3) is 0.278. The van der Waals surface area contributed by atoms with Gasteiger partial charge in [-0.25, -0.2) is 4.68 Å². The van der Waals surface area contributed by atoms with E-state index < -0.39 is 0 Å². The molecule has 0 aliphatic carbocycles. The van der Waals surface area contributed by atoms with Gasteiger partial charge >= 0.3 is 0 Å². The van der Waals surface area contributed by atoms with Gasteiger partial charge in [0.1, 0.15) is 17.2 Å². The van der Waals surface area contributed by atoms with Gasteiger partial charge in [0, 0.05) is 22.9 Å². The minimum absolute atomic E-state index is 0.211. The fourth-order valence-electron chi connectivity index (χ4n) is 4.98. The number of aromatic nitrogens is 5. The summed E-state index contributed by atoms with van der Waals surface area (Å²) in [5.41, 5.74) is 5.12. The Morgan fingerprint density at radius 1 is 0.933 bits per heavy atom. The molecule has 0 radical (unpaired) electrons. The van der Waals surface area contributed by atoms with Gasteiger partial charge in [0.15, 0.2) is 5.82 Å². The van der Waals surface area contributed by atoms with E-state index >= 15 is 0 Å². The molecule has 230 valence electrons. The molecule has 3 heterocycles. The van der Waals surface area contributed by atoms with Crippen molar-refractivity contribution in [2.75, 3.05) is 13.2 Å². The molecule has 0 N–H and O–H groups in total. The van der Waals surface area contributed by atoms with E-state index in [1.165, 1.54) is 15.9 Å². The predicted molar refractivity (Wildman–Crippen MR) is 180 cm³/mol. The third kappa shape index (κ3) is 6.83. The Bertz CT molecular complexity index is 2010. The second kappa shape index (κ2) is 13.5. The summed E-state index contributed by atoms with van der Waals surface area (Å²) in [5.74, 6) is 2.62. The van der Waals surface area contributed by atoms with Crippen molar-refractivity contribution in [3.63, 3.8) is 0 Å². The van der Waals surface area contributed by atoms with Gasteiger partial charge in [-0.1, -0.05) is 63.1 Å². The molecule has 45 heavy (non-hydrogen) atoms. The van der Waals surface area contributed by atoms with Crippen LogP contribution in [0.5, 0.6) is 11.5 Å². The van der Waals surface area contributed by atoms with Gasteiger partial charge in [-0.2, -0.15) is 14.6 Å². The summed E-state index contributed by atoms with van der Waals surface area (Å²) in [6.07, 6.45) is 7.19. The molecule has 3 aromatic heterocycles. The highest BCUT2D eigenvalue weighted by molar-refractivity contribution is 7.15. The summed E-state index contributed by atoms with van der Waals surface area (Å²) in [6, 6.07) is 23.7. The maximum atomic E-state index is 13.5. The first-order valence-corrected chi connectivity index (χ1v) is 16.2. The van der Waals surface area contributed by atoms with Crippen molar-refractivity contribution in [1.29, 1.82) is 0 Å². The monoisotopic (exact) mass is 619 g/mol. The van der Waals surface area contributed by atoms with Gasteiger partial charge in [0.05, 0.1) is 23.4 Å². The Hall–Kier alpha value is -4.76. The number of para-hydroxylation sites is 1. The Morgan fingerprint density at radius 2 is 1.71 bits per heavy atom. The number of fused-ring (bicyclic) bond motifs is 1. The van der Waals surface area contributed by atoms with Crippen molar-refractivity contribution in [2.24, 2.45) is 5.92 Å². The van der Waals surface area contributed by atoms with Crippen molar-refractivity contribution in [3.05, 3.63) is 105 Å². The summed E-state index contributed by atoms with van der Waals surface area (Å²) in [4.78, 5) is 18.8. The van der Waals surface area contributed by atoms with Crippen molar-refractivity contribution in [1.82, 2.24) is 24.4 Å². The SMILES string of the molecule is CCCCCOc1ccc(-c2nc3sc(=Cc4cn(-c5ccccc5)nc4-c4ccc(OCC(C)C)c(C)c4)c(=O)n3n2)cc1. The summed E-state index contributed by atoms with van der Waals surface area (Å²) in [7, 11) is 0. The van der Waals surface area contributed by atoms with Gasteiger partial charge in [-0.05, 0) is 85.5 Å². The van der Waals surface area contributed by atoms with E-state index in [0.29, 0.717) is 34.4 Å². The summed E-state index contributed by atoms with van der Waals surface area (Å²) in [6.45, 7) is 9.84. The second-order valence-electron chi connectivity index (χ2n) is 11.5. The first kappa shape index (κ1) is 30.3. The molecule has 0 aliphatic heterocycles. The van der Waals surface area contributed by atoms with Gasteiger partial charge in [0.2, 0.25) is 4.96 Å². The van der Waals surface area contributed by atoms with Crippen LogP contribution in [0.4, 0.5) is 0 Å². The Balaban J connectivity index is 1.33. The quantitative estimate of drug-likeness (QED) is 0.136. The smallest absolute Gasteiger partial charge is 0.291 e. The fourth-order valence-corrected chi connectivity index (χ4v) is 5.88. The number of nitrogens with zero attached hydrogens (tertiary/aromatic N) is 5. The minimum Gasteiger partial charge on any atom is -0.494 e. The minimum atomic E-state index is -0.211. The van der Waals surface area contributed by atoms with Gasteiger partial charge in [0.25, 0.3) is 5.56 Å². The number of ether oxygens (including phenoxy) is 2. The van der Waals surface area contributed by atoms with Crippen LogP contribution in [0.1, 0.15) is 51.2 Å². The largest absolute Gasteiger partial charge is 0.494 e. The summed E-state index contributed by atoms with van der Waals surface area (Å²) < 4.78 is 15.6. The normalized spacial score (nSPS) is 12.0. The molecule has 9 heteroatoms. The molecule has 0 atom stereocenters. The highest BCUT2D eigenvalue weighted by atomic mass is 32.1. The van der Waals surface area contributed by atoms with Gasteiger partial charge < -0.3 is 9.47 Å². The number of hydrogen-bond donors (Lipinski definition) is 0. The van der Waals surface area contributed by atoms with Crippen molar-refractivity contribution in [2.45, 2.75) is 47.0 Å². The molecule has 0 bridgehead atoms. The number of thiazole rings is 1. The van der Waals surface area contributed by atoms with E-state index in [1.54, 1.807) is 0 Å². The van der Waals surface area contributed by atoms with Crippen LogP contribution in [0.15, 0.2) is 83.8 Å². The van der Waals surface area contributed by atoms with E-state index in [4.69, 9.17) is 14.6 Å². The molecule has 6 aromatic rings. The molecule has 0 amide bonds. The lowest BCUT2D eigenvalue weighted by Gasteiger charge is -2.12. The van der Waals surface area contributed by atoms with Crippen LogP contribution in [0.25, 0.3) is 39.4 Å². The van der Waals surface area contributed by atoms with Crippen LogP contribution in [-0.4, -0.2) is 37.6 Å². The average molecular weight is 620 g/mol. The first-order valence-electron chi connectivity index (χ1n) is 15.4. The molecule has 0 spiro atoms. The van der Waals surface area contributed by atoms with Crippen molar-refractivity contribution < 1.29 is 9.47 Å². The predicted octanol–water partition coefficient (Wildman–Crippen LogP) is 7.13. The number of rotatable bonds is 12.